The molecular formula is C10H7NO7S2. The Labute approximate surface area is 114 Å². The van der Waals surface area contributed by atoms with E-state index in [4.69, 9.17) is 14.8 Å². The van der Waals surface area contributed by atoms with Gasteiger partial charge in [-0.2, -0.15) is 16.8 Å². The van der Waals surface area contributed by atoms with Gasteiger partial charge in [0.15, 0.2) is 0 Å². The van der Waals surface area contributed by atoms with Gasteiger partial charge in [0.25, 0.3) is 20.2 Å². The number of anilines is 1. The molecule has 0 heterocycles. The smallest absolute Gasteiger partial charge is 0.296 e. The quantitative estimate of drug-likeness (QED) is 0.453. The molecule has 20 heavy (non-hydrogen) atoms. The molecule has 0 atom stereocenters. The standard InChI is InChI=1S/C10H7NO7S2/c11-8-4-7-5(2-10(8)20(16,17)18)1-6(3-9(7)12)19(13,14)15/h1-2,12H,11H2,(H,13,14,15)(H,16,17,18). The molecule has 0 aliphatic carbocycles. The van der Waals surface area contributed by atoms with Crippen molar-refractivity contribution in [3.05, 3.63) is 24.3 Å². The third kappa shape index (κ3) is 2.54. The zero-order valence-electron chi connectivity index (χ0n) is 9.52. The largest absolute Gasteiger partial charge is 0.507 e. The number of hydrogen-bond acceptors (Lipinski definition) is 6. The molecule has 106 valence electrons. The zero-order chi connectivity index (χ0) is 15.3. The van der Waals surface area contributed by atoms with Crippen molar-refractivity contribution in [2.75, 3.05) is 5.73 Å². The van der Waals surface area contributed by atoms with Gasteiger partial charge in [-0.15, -0.1) is 0 Å². The zero-order valence-corrected chi connectivity index (χ0v) is 11.2. The first-order valence-electron chi connectivity index (χ1n) is 4.86. The molecule has 5 N–H and O–H groups in total. The van der Waals surface area contributed by atoms with Gasteiger partial charge in [0.1, 0.15) is 15.5 Å². The molecule has 0 aliphatic rings. The lowest BCUT2D eigenvalue weighted by Crippen LogP contribution is -2.04. The van der Waals surface area contributed by atoms with E-state index in [1.54, 1.807) is 0 Å². The summed E-state index contributed by atoms with van der Waals surface area (Å²) in [7, 11) is -9.29. The molecule has 0 bridgehead atoms. The Morgan fingerprint density at radius 1 is 1.00 bits per heavy atom. The van der Waals surface area contributed by atoms with Crippen molar-refractivity contribution in [2.24, 2.45) is 0 Å². The lowest BCUT2D eigenvalue weighted by molar-refractivity contribution is 0.469. The molecule has 0 amide bonds. The van der Waals surface area contributed by atoms with Crippen LogP contribution in [0.15, 0.2) is 21.9 Å². The van der Waals surface area contributed by atoms with E-state index in [2.05, 4.69) is 6.07 Å². The number of nitrogens with two attached hydrogens (primary N) is 1. The first-order valence-corrected chi connectivity index (χ1v) is 7.74. The van der Waals surface area contributed by atoms with E-state index in [9.17, 15) is 21.9 Å². The molecule has 2 radical (unpaired) electrons. The highest BCUT2D eigenvalue weighted by Gasteiger charge is 2.19. The fraction of sp³-hybridized carbons (Fsp3) is 0. The van der Waals surface area contributed by atoms with Gasteiger partial charge in [-0.25, -0.2) is 0 Å². The second-order valence-corrected chi connectivity index (χ2v) is 6.59. The van der Waals surface area contributed by atoms with Crippen LogP contribution in [0.4, 0.5) is 5.69 Å². The normalized spacial score (nSPS) is 12.7. The summed E-state index contributed by atoms with van der Waals surface area (Å²) in [5.41, 5.74) is 4.92. The van der Waals surface area contributed by atoms with E-state index in [1.165, 1.54) is 0 Å². The lowest BCUT2D eigenvalue weighted by atomic mass is 10.1. The van der Waals surface area contributed by atoms with Crippen LogP contribution >= 0.6 is 0 Å². The molecule has 0 saturated carbocycles. The molecule has 0 saturated heterocycles. The molecule has 0 fully saturated rings. The van der Waals surface area contributed by atoms with Crippen LogP contribution in [-0.2, 0) is 20.2 Å². The van der Waals surface area contributed by atoms with Crippen LogP contribution < -0.4 is 5.73 Å². The Morgan fingerprint density at radius 2 is 1.60 bits per heavy atom. The molecule has 2 aromatic rings. The number of aromatic hydroxyl groups is 1. The average molecular weight is 317 g/mol. The number of phenolic OH excluding ortho intramolecular Hbond substituents is 1. The van der Waals surface area contributed by atoms with Gasteiger partial charge in [-0.1, -0.05) is 0 Å². The number of nitrogen functional groups attached to an aromatic ring is 1. The maximum Gasteiger partial charge on any atom is 0.296 e. The molecule has 2 rings (SSSR count). The van der Waals surface area contributed by atoms with Crippen molar-refractivity contribution >= 4 is 36.7 Å². The van der Waals surface area contributed by atoms with Crippen LogP contribution in [-0.4, -0.2) is 31.0 Å². The van der Waals surface area contributed by atoms with Crippen molar-refractivity contribution < 1.29 is 31.0 Å². The number of phenols is 1. The number of hydrogen-bond donors (Lipinski definition) is 4. The molecular weight excluding hydrogens is 310 g/mol. The minimum atomic E-state index is -4.65. The second kappa shape index (κ2) is 4.31. The Balaban J connectivity index is 2.93. The molecule has 2 aromatic carbocycles. The minimum Gasteiger partial charge on any atom is -0.507 e. The maximum absolute atomic E-state index is 11.1. The molecule has 0 aromatic heterocycles. The average Bonchev–Trinajstić information content (AvgIpc) is 2.26. The van der Waals surface area contributed by atoms with E-state index in [0.717, 1.165) is 12.1 Å². The van der Waals surface area contributed by atoms with Crippen molar-refractivity contribution in [2.45, 2.75) is 9.79 Å². The monoisotopic (exact) mass is 317 g/mol. The molecule has 0 aliphatic heterocycles. The fourth-order valence-electron chi connectivity index (χ4n) is 1.58. The Morgan fingerprint density at radius 3 is 2.10 bits per heavy atom. The van der Waals surface area contributed by atoms with Crippen LogP contribution in [0.5, 0.6) is 5.75 Å². The highest BCUT2D eigenvalue weighted by Crippen LogP contribution is 2.32. The number of fused-ring (bicyclic) bond motifs is 1. The highest BCUT2D eigenvalue weighted by atomic mass is 32.2. The summed E-state index contributed by atoms with van der Waals surface area (Å²) >= 11 is 0. The maximum atomic E-state index is 11.1. The summed E-state index contributed by atoms with van der Waals surface area (Å²) in [5.74, 6) is -0.691. The van der Waals surface area contributed by atoms with Gasteiger partial charge in [0.05, 0.1) is 11.8 Å². The lowest BCUT2D eigenvalue weighted by Gasteiger charge is -2.07. The van der Waals surface area contributed by atoms with Crippen molar-refractivity contribution in [1.82, 2.24) is 0 Å². The topological polar surface area (TPSA) is 155 Å². The van der Waals surface area contributed by atoms with Crippen LogP contribution in [0.2, 0.25) is 0 Å². The van der Waals surface area contributed by atoms with Crippen molar-refractivity contribution in [3.63, 3.8) is 0 Å². The third-order valence-electron chi connectivity index (χ3n) is 2.42. The summed E-state index contributed by atoms with van der Waals surface area (Å²) in [6, 6.07) is 5.99. The van der Waals surface area contributed by atoms with E-state index in [-0.39, 0.29) is 10.8 Å². The predicted molar refractivity (Wildman–Crippen MR) is 67.3 cm³/mol. The van der Waals surface area contributed by atoms with Crippen LogP contribution in [0.1, 0.15) is 0 Å². The molecule has 8 nitrogen and oxygen atoms in total. The Kier molecular flexibility index (Phi) is 3.13. The van der Waals surface area contributed by atoms with Crippen LogP contribution in [0, 0.1) is 12.1 Å². The van der Waals surface area contributed by atoms with Gasteiger partial charge in [0.2, 0.25) is 0 Å². The number of benzene rings is 2. The molecule has 0 spiro atoms. The SMILES string of the molecule is Nc1[c]c2c(O)[c]c(S(=O)(=O)O)cc2cc1S(=O)(=O)O. The Hall–Kier alpha value is -1.88. The first kappa shape index (κ1) is 14.5. The predicted octanol–water partition coefficient (Wildman–Crippen LogP) is 0.221. The van der Waals surface area contributed by atoms with E-state index in [1.807, 2.05) is 6.07 Å². The van der Waals surface area contributed by atoms with Crippen LogP contribution in [0.25, 0.3) is 10.8 Å². The first-order chi connectivity index (χ1) is 9.00. The van der Waals surface area contributed by atoms with Crippen LogP contribution in [0.3, 0.4) is 0 Å². The van der Waals surface area contributed by atoms with E-state index >= 15 is 0 Å². The second-order valence-electron chi connectivity index (χ2n) is 3.81. The summed E-state index contributed by atoms with van der Waals surface area (Å²) in [5, 5.41) is 9.38. The molecule has 0 unspecified atom stereocenters. The summed E-state index contributed by atoms with van der Waals surface area (Å²) in [6.07, 6.45) is 0. The van der Waals surface area contributed by atoms with Gasteiger partial charge in [-0.05, 0) is 17.5 Å². The molecule has 10 heteroatoms. The van der Waals surface area contributed by atoms with E-state index < -0.39 is 41.5 Å². The number of rotatable bonds is 2. The van der Waals surface area contributed by atoms with Crippen molar-refractivity contribution in [1.29, 1.82) is 0 Å². The minimum absolute atomic E-state index is 0.109. The summed E-state index contributed by atoms with van der Waals surface area (Å²) in [6.45, 7) is 0. The van der Waals surface area contributed by atoms with Gasteiger partial charge in [0, 0.05) is 11.5 Å². The fourth-order valence-corrected chi connectivity index (χ4v) is 2.68. The van der Waals surface area contributed by atoms with Gasteiger partial charge < -0.3 is 10.8 Å². The van der Waals surface area contributed by atoms with Gasteiger partial charge in [-0.3, -0.25) is 9.11 Å². The summed E-state index contributed by atoms with van der Waals surface area (Å²) in [4.78, 5) is -1.46. The van der Waals surface area contributed by atoms with E-state index in [0.29, 0.717) is 0 Å². The summed E-state index contributed by atoms with van der Waals surface area (Å²) < 4.78 is 62.0. The highest BCUT2D eigenvalue weighted by molar-refractivity contribution is 7.86. The third-order valence-corrected chi connectivity index (χ3v) is 4.09. The van der Waals surface area contributed by atoms with Gasteiger partial charge >= 0.3 is 0 Å². The Bertz CT molecular complexity index is 916. The van der Waals surface area contributed by atoms with Crippen molar-refractivity contribution in [3.8, 4) is 5.75 Å².